The Kier molecular flexibility index (Phi) is 6.39. The Morgan fingerprint density at radius 3 is 2.72 bits per heavy atom. The van der Waals surface area contributed by atoms with Gasteiger partial charge < -0.3 is 10.6 Å². The van der Waals surface area contributed by atoms with Gasteiger partial charge in [0.1, 0.15) is 0 Å². The minimum absolute atomic E-state index is 0. The maximum atomic E-state index is 12.0. The van der Waals surface area contributed by atoms with E-state index in [9.17, 15) is 4.79 Å². The van der Waals surface area contributed by atoms with Crippen molar-refractivity contribution in [2.75, 3.05) is 26.7 Å². The predicted molar refractivity (Wildman–Crippen MR) is 76.1 cm³/mol. The summed E-state index contributed by atoms with van der Waals surface area (Å²) in [7, 11) is 2.00. The second-order valence-electron chi connectivity index (χ2n) is 5.52. The first kappa shape index (κ1) is 15.7. The van der Waals surface area contributed by atoms with Gasteiger partial charge in [-0.15, -0.1) is 12.4 Å². The molecule has 2 fully saturated rings. The highest BCUT2D eigenvalue weighted by molar-refractivity contribution is 5.85. The molecule has 1 saturated carbocycles. The average Bonchev–Trinajstić information content (AvgIpc) is 3.13. The summed E-state index contributed by atoms with van der Waals surface area (Å²) in [5.41, 5.74) is 0. The molecule has 0 spiro atoms. The van der Waals surface area contributed by atoms with Gasteiger partial charge in [-0.05, 0) is 58.7 Å². The first-order chi connectivity index (χ1) is 8.20. The Morgan fingerprint density at radius 2 is 2.11 bits per heavy atom. The van der Waals surface area contributed by atoms with Gasteiger partial charge in [0.05, 0.1) is 6.04 Å². The SMILES string of the molecule is CNCC1CCCN(C(C)C(=O)NC2CC2)C1.Cl. The van der Waals surface area contributed by atoms with Crippen LogP contribution in [0.15, 0.2) is 0 Å². The number of rotatable bonds is 5. The molecule has 18 heavy (non-hydrogen) atoms. The van der Waals surface area contributed by atoms with E-state index in [0.717, 1.165) is 19.6 Å². The lowest BCUT2D eigenvalue weighted by atomic mass is 9.96. The zero-order valence-electron chi connectivity index (χ0n) is 11.4. The lowest BCUT2D eigenvalue weighted by Gasteiger charge is -2.36. The fourth-order valence-electron chi connectivity index (χ4n) is 2.62. The molecule has 2 rings (SSSR count). The van der Waals surface area contributed by atoms with Gasteiger partial charge in [0, 0.05) is 12.6 Å². The van der Waals surface area contributed by atoms with E-state index in [-0.39, 0.29) is 24.4 Å². The van der Waals surface area contributed by atoms with Gasteiger partial charge in [-0.1, -0.05) is 0 Å². The van der Waals surface area contributed by atoms with Crippen molar-refractivity contribution in [3.05, 3.63) is 0 Å². The molecule has 106 valence electrons. The third kappa shape index (κ3) is 4.41. The maximum absolute atomic E-state index is 12.0. The molecule has 4 nitrogen and oxygen atoms in total. The Bertz CT molecular complexity index is 269. The van der Waals surface area contributed by atoms with Gasteiger partial charge in [0.25, 0.3) is 0 Å². The number of carbonyl (C=O) groups excluding carboxylic acids is 1. The van der Waals surface area contributed by atoms with Crippen molar-refractivity contribution < 1.29 is 4.79 Å². The molecule has 1 heterocycles. The summed E-state index contributed by atoms with van der Waals surface area (Å²) in [5, 5.41) is 6.34. The van der Waals surface area contributed by atoms with E-state index in [2.05, 4.69) is 15.5 Å². The van der Waals surface area contributed by atoms with Crippen LogP contribution in [-0.4, -0.2) is 49.6 Å². The van der Waals surface area contributed by atoms with Gasteiger partial charge in [-0.25, -0.2) is 0 Å². The van der Waals surface area contributed by atoms with Crippen LogP contribution in [0.2, 0.25) is 0 Å². The summed E-state index contributed by atoms with van der Waals surface area (Å²) < 4.78 is 0. The van der Waals surface area contributed by atoms with Crippen molar-refractivity contribution >= 4 is 18.3 Å². The highest BCUT2D eigenvalue weighted by Crippen LogP contribution is 2.21. The molecule has 0 aromatic rings. The maximum Gasteiger partial charge on any atom is 0.237 e. The number of amides is 1. The normalized spacial score (nSPS) is 26.2. The molecule has 1 aliphatic heterocycles. The topological polar surface area (TPSA) is 44.4 Å². The van der Waals surface area contributed by atoms with E-state index < -0.39 is 0 Å². The molecule has 0 radical (unpaired) electrons. The molecular formula is C13H26ClN3O. The second-order valence-corrected chi connectivity index (χ2v) is 5.52. The van der Waals surface area contributed by atoms with Crippen LogP contribution in [0, 0.1) is 5.92 Å². The van der Waals surface area contributed by atoms with Crippen LogP contribution in [0.25, 0.3) is 0 Å². The molecule has 0 aromatic heterocycles. The van der Waals surface area contributed by atoms with Gasteiger partial charge in [-0.2, -0.15) is 0 Å². The van der Waals surface area contributed by atoms with Crippen LogP contribution in [0.5, 0.6) is 0 Å². The molecule has 2 atom stereocenters. The minimum atomic E-state index is 0. The Balaban J connectivity index is 0.00000162. The number of hydrogen-bond acceptors (Lipinski definition) is 3. The van der Waals surface area contributed by atoms with Gasteiger partial charge in [0.15, 0.2) is 0 Å². The number of likely N-dealkylation sites (tertiary alicyclic amines) is 1. The smallest absolute Gasteiger partial charge is 0.237 e. The molecule has 0 aromatic carbocycles. The number of halogens is 1. The van der Waals surface area contributed by atoms with Gasteiger partial charge in [0.2, 0.25) is 5.91 Å². The van der Waals surface area contributed by atoms with Gasteiger partial charge in [-0.3, -0.25) is 9.69 Å². The number of hydrogen-bond donors (Lipinski definition) is 2. The van der Waals surface area contributed by atoms with Crippen molar-refractivity contribution in [3.8, 4) is 0 Å². The standard InChI is InChI=1S/C13H25N3O.ClH/c1-10(13(17)15-12-5-6-12)16-7-3-4-11(9-16)8-14-2;/h10-12,14H,3-9H2,1-2H3,(H,15,17);1H. The van der Waals surface area contributed by atoms with Crippen LogP contribution < -0.4 is 10.6 Å². The summed E-state index contributed by atoms with van der Waals surface area (Å²) in [6.07, 6.45) is 4.84. The Morgan fingerprint density at radius 1 is 1.39 bits per heavy atom. The lowest BCUT2D eigenvalue weighted by Crippen LogP contribution is -2.50. The first-order valence-corrected chi connectivity index (χ1v) is 6.89. The molecule has 2 N–H and O–H groups in total. The van der Waals surface area contributed by atoms with Crippen molar-refractivity contribution in [3.63, 3.8) is 0 Å². The Labute approximate surface area is 116 Å². The highest BCUT2D eigenvalue weighted by atomic mass is 35.5. The van der Waals surface area contributed by atoms with E-state index in [1.165, 1.54) is 25.7 Å². The van der Waals surface area contributed by atoms with Gasteiger partial charge >= 0.3 is 0 Å². The van der Waals surface area contributed by atoms with E-state index in [1.807, 2.05) is 14.0 Å². The molecule has 2 aliphatic rings. The molecule has 1 saturated heterocycles. The monoisotopic (exact) mass is 275 g/mol. The largest absolute Gasteiger partial charge is 0.352 e. The molecule has 1 aliphatic carbocycles. The zero-order valence-corrected chi connectivity index (χ0v) is 12.3. The third-order valence-corrected chi connectivity index (χ3v) is 3.89. The summed E-state index contributed by atoms with van der Waals surface area (Å²) in [4.78, 5) is 14.3. The second kappa shape index (κ2) is 7.31. The van der Waals surface area contributed by atoms with Crippen LogP contribution >= 0.6 is 12.4 Å². The van der Waals surface area contributed by atoms with Crippen molar-refractivity contribution in [1.82, 2.24) is 15.5 Å². The van der Waals surface area contributed by atoms with E-state index >= 15 is 0 Å². The average molecular weight is 276 g/mol. The fourth-order valence-corrected chi connectivity index (χ4v) is 2.62. The summed E-state index contributed by atoms with van der Waals surface area (Å²) in [6.45, 7) is 5.23. The summed E-state index contributed by atoms with van der Waals surface area (Å²) >= 11 is 0. The zero-order chi connectivity index (χ0) is 12.3. The molecule has 5 heteroatoms. The predicted octanol–water partition coefficient (Wildman–Crippen LogP) is 1.01. The van der Waals surface area contributed by atoms with Crippen LogP contribution in [0.3, 0.4) is 0 Å². The summed E-state index contributed by atoms with van der Waals surface area (Å²) in [5.74, 6) is 0.919. The van der Waals surface area contributed by atoms with E-state index in [4.69, 9.17) is 0 Å². The molecule has 0 bridgehead atoms. The highest BCUT2D eigenvalue weighted by Gasteiger charge is 2.30. The van der Waals surface area contributed by atoms with Crippen LogP contribution in [0.1, 0.15) is 32.6 Å². The molecular weight excluding hydrogens is 250 g/mol. The molecule has 1 amide bonds. The first-order valence-electron chi connectivity index (χ1n) is 6.89. The third-order valence-electron chi connectivity index (χ3n) is 3.89. The Hall–Kier alpha value is -0.320. The number of nitrogens with one attached hydrogen (secondary N) is 2. The van der Waals surface area contributed by atoms with Crippen molar-refractivity contribution in [2.45, 2.75) is 44.7 Å². The minimum Gasteiger partial charge on any atom is -0.352 e. The number of nitrogens with zero attached hydrogens (tertiary/aromatic N) is 1. The molecule has 2 unspecified atom stereocenters. The van der Waals surface area contributed by atoms with Crippen LogP contribution in [-0.2, 0) is 4.79 Å². The number of piperidine rings is 1. The quantitative estimate of drug-likeness (QED) is 0.787. The van der Waals surface area contributed by atoms with E-state index in [1.54, 1.807) is 0 Å². The van der Waals surface area contributed by atoms with E-state index in [0.29, 0.717) is 12.0 Å². The summed E-state index contributed by atoms with van der Waals surface area (Å²) in [6, 6.07) is 0.512. The number of carbonyl (C=O) groups is 1. The van der Waals surface area contributed by atoms with Crippen molar-refractivity contribution in [1.29, 1.82) is 0 Å². The van der Waals surface area contributed by atoms with Crippen molar-refractivity contribution in [2.24, 2.45) is 5.92 Å². The fraction of sp³-hybridized carbons (Fsp3) is 0.923. The van der Waals surface area contributed by atoms with Crippen LogP contribution in [0.4, 0.5) is 0 Å². The lowest BCUT2D eigenvalue weighted by molar-refractivity contribution is -0.126.